The largest absolute Gasteiger partial charge is 0.481 e. The first-order valence-corrected chi connectivity index (χ1v) is 7.01. The maximum Gasteiger partial charge on any atom is 0.317 e. The van der Waals surface area contributed by atoms with Crippen molar-refractivity contribution >= 4 is 12.0 Å². The number of carboxylic acid groups (broad SMARTS) is 1. The third-order valence-electron chi connectivity index (χ3n) is 4.23. The van der Waals surface area contributed by atoms with Gasteiger partial charge in [-0.3, -0.25) is 4.79 Å². The molecule has 0 aromatic carbocycles. The topological polar surface area (TPSA) is 82.1 Å². The van der Waals surface area contributed by atoms with Crippen LogP contribution in [0.2, 0.25) is 0 Å². The van der Waals surface area contributed by atoms with Gasteiger partial charge in [0.05, 0.1) is 19.3 Å². The SMILES string of the molecule is CN1CCC(NC(=O)N(C)C2COCC2C(=O)O)CC1. The standard InChI is InChI=1S/C13H23N3O4/c1-15-5-3-9(4-6-15)14-13(19)16(2)11-8-20-7-10(11)12(17)18/h9-11H,3-8H2,1-2H3,(H,14,19)(H,17,18). The Morgan fingerprint density at radius 2 is 1.95 bits per heavy atom. The molecule has 7 heteroatoms. The number of nitrogens with one attached hydrogen (secondary N) is 1. The number of nitrogens with zero attached hydrogens (tertiary/aromatic N) is 2. The Labute approximate surface area is 118 Å². The molecule has 0 radical (unpaired) electrons. The van der Waals surface area contributed by atoms with E-state index in [9.17, 15) is 9.59 Å². The fourth-order valence-electron chi connectivity index (χ4n) is 2.74. The highest BCUT2D eigenvalue weighted by molar-refractivity contribution is 5.77. The predicted octanol–water partition coefficient (Wildman–Crippen LogP) is -0.178. The van der Waals surface area contributed by atoms with Crippen molar-refractivity contribution in [1.82, 2.24) is 15.1 Å². The van der Waals surface area contributed by atoms with Crippen LogP contribution < -0.4 is 5.32 Å². The molecule has 2 fully saturated rings. The second-order valence-electron chi connectivity index (χ2n) is 5.69. The van der Waals surface area contributed by atoms with Gasteiger partial charge in [-0.1, -0.05) is 0 Å². The Hall–Kier alpha value is -1.34. The van der Waals surface area contributed by atoms with Crippen molar-refractivity contribution in [3.8, 4) is 0 Å². The summed E-state index contributed by atoms with van der Waals surface area (Å²) in [7, 11) is 3.71. The summed E-state index contributed by atoms with van der Waals surface area (Å²) in [6.45, 7) is 2.40. The molecule has 20 heavy (non-hydrogen) atoms. The van der Waals surface area contributed by atoms with E-state index in [1.807, 2.05) is 0 Å². The first-order valence-electron chi connectivity index (χ1n) is 7.01. The maximum absolute atomic E-state index is 12.2. The van der Waals surface area contributed by atoms with Crippen LogP contribution in [0.1, 0.15) is 12.8 Å². The molecule has 2 N–H and O–H groups in total. The number of likely N-dealkylation sites (tertiary alicyclic amines) is 1. The highest BCUT2D eigenvalue weighted by Gasteiger charge is 2.38. The van der Waals surface area contributed by atoms with Crippen LogP contribution in [0.5, 0.6) is 0 Å². The number of amides is 2. The number of likely N-dealkylation sites (N-methyl/N-ethyl adjacent to an activating group) is 1. The zero-order valence-electron chi connectivity index (χ0n) is 12.0. The smallest absolute Gasteiger partial charge is 0.317 e. The second-order valence-corrected chi connectivity index (χ2v) is 5.69. The van der Waals surface area contributed by atoms with Crippen molar-refractivity contribution in [2.75, 3.05) is 40.4 Å². The first-order chi connectivity index (χ1) is 9.49. The summed E-state index contributed by atoms with van der Waals surface area (Å²) in [4.78, 5) is 27.0. The van der Waals surface area contributed by atoms with E-state index < -0.39 is 17.9 Å². The van der Waals surface area contributed by atoms with Crippen LogP contribution in [0.4, 0.5) is 4.79 Å². The highest BCUT2D eigenvalue weighted by atomic mass is 16.5. The van der Waals surface area contributed by atoms with Crippen LogP contribution in [0, 0.1) is 5.92 Å². The fourth-order valence-corrected chi connectivity index (χ4v) is 2.74. The Kier molecular flexibility index (Phi) is 4.82. The number of aliphatic carboxylic acids is 1. The Morgan fingerprint density at radius 3 is 2.55 bits per heavy atom. The number of carboxylic acids is 1. The van der Waals surface area contributed by atoms with E-state index in [0.29, 0.717) is 0 Å². The van der Waals surface area contributed by atoms with Crippen molar-refractivity contribution in [2.45, 2.75) is 24.9 Å². The molecule has 0 bridgehead atoms. The zero-order valence-corrected chi connectivity index (χ0v) is 12.0. The van der Waals surface area contributed by atoms with Crippen molar-refractivity contribution in [2.24, 2.45) is 5.92 Å². The summed E-state index contributed by atoms with van der Waals surface area (Å²) in [5, 5.41) is 12.1. The van der Waals surface area contributed by atoms with Gasteiger partial charge in [0.1, 0.15) is 5.92 Å². The van der Waals surface area contributed by atoms with Gasteiger partial charge in [0.2, 0.25) is 0 Å². The van der Waals surface area contributed by atoms with Gasteiger partial charge in [0, 0.05) is 13.1 Å². The van der Waals surface area contributed by atoms with E-state index in [-0.39, 0.29) is 25.3 Å². The number of rotatable bonds is 3. The Balaban J connectivity index is 1.87. The van der Waals surface area contributed by atoms with Gasteiger partial charge >= 0.3 is 12.0 Å². The summed E-state index contributed by atoms with van der Waals surface area (Å²) in [5.41, 5.74) is 0. The van der Waals surface area contributed by atoms with Crippen LogP contribution in [-0.2, 0) is 9.53 Å². The molecule has 2 atom stereocenters. The average molecular weight is 285 g/mol. The van der Waals surface area contributed by atoms with Gasteiger partial charge in [0.25, 0.3) is 0 Å². The molecule has 2 unspecified atom stereocenters. The van der Waals surface area contributed by atoms with Crippen LogP contribution in [0.25, 0.3) is 0 Å². The van der Waals surface area contributed by atoms with Crippen molar-refractivity contribution in [1.29, 1.82) is 0 Å². The number of ether oxygens (including phenoxy) is 1. The molecule has 2 aliphatic heterocycles. The van der Waals surface area contributed by atoms with Gasteiger partial charge in [-0.15, -0.1) is 0 Å². The molecule has 0 aromatic rings. The third kappa shape index (κ3) is 3.40. The number of carbonyl (C=O) groups is 2. The molecule has 2 amide bonds. The lowest BCUT2D eigenvalue weighted by atomic mass is 10.0. The minimum atomic E-state index is -0.911. The number of carbonyl (C=O) groups excluding carboxylic acids is 1. The predicted molar refractivity (Wildman–Crippen MR) is 72.5 cm³/mol. The lowest BCUT2D eigenvalue weighted by Gasteiger charge is -2.32. The van der Waals surface area contributed by atoms with E-state index in [0.717, 1.165) is 25.9 Å². The average Bonchev–Trinajstić information content (AvgIpc) is 2.90. The van der Waals surface area contributed by atoms with Gasteiger partial charge < -0.3 is 25.0 Å². The molecule has 0 aliphatic carbocycles. The molecule has 0 aromatic heterocycles. The molecule has 0 saturated carbocycles. The van der Waals surface area contributed by atoms with E-state index in [2.05, 4.69) is 17.3 Å². The van der Waals surface area contributed by atoms with E-state index in [1.54, 1.807) is 7.05 Å². The van der Waals surface area contributed by atoms with Crippen LogP contribution in [0.15, 0.2) is 0 Å². The van der Waals surface area contributed by atoms with Gasteiger partial charge in [0.15, 0.2) is 0 Å². The second kappa shape index (κ2) is 6.41. The normalized spacial score (nSPS) is 28.3. The number of hydrogen-bond acceptors (Lipinski definition) is 4. The summed E-state index contributed by atoms with van der Waals surface area (Å²) in [5.74, 6) is -1.55. The van der Waals surface area contributed by atoms with E-state index in [4.69, 9.17) is 9.84 Å². The molecule has 7 nitrogen and oxygen atoms in total. The molecule has 0 spiro atoms. The molecule has 2 rings (SSSR count). The van der Waals surface area contributed by atoms with Crippen LogP contribution in [-0.4, -0.2) is 79.4 Å². The zero-order chi connectivity index (χ0) is 14.7. The minimum absolute atomic E-state index is 0.172. The Morgan fingerprint density at radius 1 is 1.30 bits per heavy atom. The first kappa shape index (κ1) is 15.1. The van der Waals surface area contributed by atoms with Crippen molar-refractivity contribution < 1.29 is 19.4 Å². The molecule has 2 saturated heterocycles. The number of urea groups is 1. The number of piperidine rings is 1. The Bertz CT molecular complexity index is 369. The van der Waals surface area contributed by atoms with Crippen molar-refractivity contribution in [3.05, 3.63) is 0 Å². The van der Waals surface area contributed by atoms with Crippen LogP contribution in [0.3, 0.4) is 0 Å². The quantitative estimate of drug-likeness (QED) is 0.752. The van der Waals surface area contributed by atoms with Gasteiger partial charge in [-0.2, -0.15) is 0 Å². The maximum atomic E-state index is 12.2. The van der Waals surface area contributed by atoms with Gasteiger partial charge in [-0.25, -0.2) is 4.79 Å². The minimum Gasteiger partial charge on any atom is -0.481 e. The van der Waals surface area contributed by atoms with Gasteiger partial charge in [-0.05, 0) is 33.0 Å². The molecular formula is C13H23N3O4. The molecule has 2 aliphatic rings. The van der Waals surface area contributed by atoms with Crippen molar-refractivity contribution in [3.63, 3.8) is 0 Å². The highest BCUT2D eigenvalue weighted by Crippen LogP contribution is 2.19. The third-order valence-corrected chi connectivity index (χ3v) is 4.23. The number of hydrogen-bond donors (Lipinski definition) is 2. The van der Waals surface area contributed by atoms with E-state index >= 15 is 0 Å². The summed E-state index contributed by atoms with van der Waals surface area (Å²) < 4.78 is 5.20. The summed E-state index contributed by atoms with van der Waals surface area (Å²) in [6.07, 6.45) is 1.86. The molecule has 114 valence electrons. The molecule has 2 heterocycles. The fraction of sp³-hybridized carbons (Fsp3) is 0.846. The lowest BCUT2D eigenvalue weighted by Crippen LogP contribution is -2.52. The summed E-state index contributed by atoms with van der Waals surface area (Å²) >= 11 is 0. The van der Waals surface area contributed by atoms with Crippen LogP contribution >= 0.6 is 0 Å². The van der Waals surface area contributed by atoms with E-state index in [1.165, 1.54) is 4.90 Å². The summed E-state index contributed by atoms with van der Waals surface area (Å²) in [6, 6.07) is -0.424. The lowest BCUT2D eigenvalue weighted by molar-refractivity contribution is -0.142. The molecular weight excluding hydrogens is 262 g/mol. The monoisotopic (exact) mass is 285 g/mol.